The van der Waals surface area contributed by atoms with Crippen LogP contribution < -0.4 is 15.4 Å². The van der Waals surface area contributed by atoms with E-state index in [0.717, 1.165) is 46.5 Å². The van der Waals surface area contributed by atoms with Crippen LogP contribution in [0, 0.1) is 0 Å². The van der Waals surface area contributed by atoms with Gasteiger partial charge in [0.2, 0.25) is 0 Å². The molecule has 9 heteroatoms. The van der Waals surface area contributed by atoms with Gasteiger partial charge >= 0.3 is 6.18 Å². The minimum absolute atomic E-state index is 0.155. The summed E-state index contributed by atoms with van der Waals surface area (Å²) in [5, 5.41) is 6.74. The lowest BCUT2D eigenvalue weighted by Gasteiger charge is -2.12. The number of hydrogen-bond donors (Lipinski definition) is 2. The number of nitrogens with zero attached hydrogens (tertiary/aromatic N) is 2. The normalized spacial score (nSPS) is 11.3. The van der Waals surface area contributed by atoms with Crippen LogP contribution in [0.2, 0.25) is 0 Å². The first kappa shape index (κ1) is 23.0. The van der Waals surface area contributed by atoms with E-state index in [4.69, 9.17) is 4.74 Å². The van der Waals surface area contributed by atoms with Gasteiger partial charge in [-0.3, -0.25) is 4.79 Å². The van der Waals surface area contributed by atoms with Crippen LogP contribution in [0.5, 0.6) is 5.75 Å². The molecule has 1 aromatic heterocycles. The maximum absolute atomic E-state index is 12.7. The van der Waals surface area contributed by atoms with E-state index in [9.17, 15) is 18.0 Å². The van der Waals surface area contributed by atoms with Crippen molar-refractivity contribution in [1.82, 2.24) is 15.3 Å². The molecule has 6 nitrogen and oxygen atoms in total. The smallest absolute Gasteiger partial charge is 0.416 e. The van der Waals surface area contributed by atoms with Gasteiger partial charge in [0.25, 0.3) is 5.91 Å². The van der Waals surface area contributed by atoms with Crippen LogP contribution in [-0.2, 0) is 6.18 Å². The molecule has 174 valence electrons. The molecule has 0 unspecified atom stereocenters. The molecule has 4 aromatic rings. The lowest BCUT2D eigenvalue weighted by molar-refractivity contribution is -0.137. The van der Waals surface area contributed by atoms with Crippen LogP contribution in [0.15, 0.2) is 72.8 Å². The molecule has 0 bridgehead atoms. The molecule has 0 spiro atoms. The zero-order chi connectivity index (χ0) is 24.1. The van der Waals surface area contributed by atoms with Crippen LogP contribution in [0.1, 0.15) is 15.9 Å². The molecule has 0 atom stereocenters. The fraction of sp³-hybridized carbons (Fsp3) is 0.160. The maximum atomic E-state index is 12.7. The molecule has 3 aromatic carbocycles. The number of para-hydroxylation sites is 1. The quantitative estimate of drug-likeness (QED) is 0.368. The number of nitrogens with one attached hydrogen (secondary N) is 2. The number of alkyl halides is 3. The van der Waals surface area contributed by atoms with E-state index >= 15 is 0 Å². The summed E-state index contributed by atoms with van der Waals surface area (Å²) in [6.45, 7) is 0.603. The maximum Gasteiger partial charge on any atom is 0.416 e. The highest BCUT2D eigenvalue weighted by molar-refractivity contribution is 5.94. The summed E-state index contributed by atoms with van der Waals surface area (Å²) in [5.74, 6) is 1.42. The standard InChI is InChI=1S/C25H21F3N4O2/c1-34-19-12-8-16(9-13-19)22-31-21-5-3-2-4-20(21)23(32-22)29-14-15-30-24(33)17-6-10-18(11-7-17)25(26,27)28/h2-13H,14-15H2,1H3,(H,30,33)(H,29,31,32). The van der Waals surface area contributed by atoms with Crippen LogP contribution in [0.25, 0.3) is 22.3 Å². The molecule has 0 radical (unpaired) electrons. The monoisotopic (exact) mass is 466 g/mol. The Bertz CT molecular complexity index is 1290. The highest BCUT2D eigenvalue weighted by atomic mass is 19.4. The fourth-order valence-electron chi connectivity index (χ4n) is 3.35. The number of carbonyl (C=O) groups is 1. The van der Waals surface area contributed by atoms with Gasteiger partial charge in [0.05, 0.1) is 18.2 Å². The van der Waals surface area contributed by atoms with Crippen molar-refractivity contribution in [2.45, 2.75) is 6.18 Å². The number of benzene rings is 3. The Hall–Kier alpha value is -4.14. The van der Waals surface area contributed by atoms with Crippen molar-refractivity contribution in [2.24, 2.45) is 0 Å². The molecule has 4 rings (SSSR count). The van der Waals surface area contributed by atoms with E-state index in [1.807, 2.05) is 48.5 Å². The van der Waals surface area contributed by atoms with Gasteiger partial charge in [-0.25, -0.2) is 9.97 Å². The third-order valence-corrected chi connectivity index (χ3v) is 5.13. The Morgan fingerprint density at radius 3 is 2.29 bits per heavy atom. The van der Waals surface area contributed by atoms with E-state index in [0.29, 0.717) is 18.2 Å². The fourth-order valence-corrected chi connectivity index (χ4v) is 3.35. The van der Waals surface area contributed by atoms with Gasteiger partial charge in [0.15, 0.2) is 5.82 Å². The second-order valence-corrected chi connectivity index (χ2v) is 7.40. The molecule has 0 aliphatic rings. The van der Waals surface area contributed by atoms with E-state index in [2.05, 4.69) is 20.6 Å². The summed E-state index contributed by atoms with van der Waals surface area (Å²) in [4.78, 5) is 21.6. The Labute approximate surface area is 193 Å². The third kappa shape index (κ3) is 5.25. The van der Waals surface area contributed by atoms with E-state index in [1.54, 1.807) is 7.11 Å². The average molecular weight is 466 g/mol. The Kier molecular flexibility index (Phi) is 6.62. The van der Waals surface area contributed by atoms with Crippen LogP contribution >= 0.6 is 0 Å². The second-order valence-electron chi connectivity index (χ2n) is 7.40. The van der Waals surface area contributed by atoms with Crippen molar-refractivity contribution >= 4 is 22.6 Å². The molecule has 1 amide bonds. The number of amides is 1. The van der Waals surface area contributed by atoms with Gasteiger partial charge < -0.3 is 15.4 Å². The zero-order valence-electron chi connectivity index (χ0n) is 18.2. The Morgan fingerprint density at radius 2 is 1.62 bits per heavy atom. The minimum atomic E-state index is -4.44. The lowest BCUT2D eigenvalue weighted by Crippen LogP contribution is -2.29. The molecule has 34 heavy (non-hydrogen) atoms. The lowest BCUT2D eigenvalue weighted by atomic mass is 10.1. The summed E-state index contributed by atoms with van der Waals surface area (Å²) in [5.41, 5.74) is 0.945. The SMILES string of the molecule is COc1ccc(-c2nc(NCCNC(=O)c3ccc(C(F)(F)F)cc3)c3ccccc3n2)cc1. The summed E-state index contributed by atoms with van der Waals surface area (Å²) in [7, 11) is 1.60. The molecule has 0 saturated carbocycles. The van der Waals surface area contributed by atoms with Gasteiger partial charge in [0.1, 0.15) is 11.6 Å². The summed E-state index contributed by atoms with van der Waals surface area (Å²) >= 11 is 0. The first-order chi connectivity index (χ1) is 16.3. The van der Waals surface area contributed by atoms with Crippen LogP contribution in [0.4, 0.5) is 19.0 Å². The summed E-state index contributed by atoms with van der Waals surface area (Å²) in [6.07, 6.45) is -4.44. The molecular formula is C25H21F3N4O2. The first-order valence-corrected chi connectivity index (χ1v) is 10.5. The number of aromatic nitrogens is 2. The highest BCUT2D eigenvalue weighted by Crippen LogP contribution is 2.29. The van der Waals surface area contributed by atoms with Gasteiger partial charge in [-0.2, -0.15) is 13.2 Å². The van der Waals surface area contributed by atoms with Crippen molar-refractivity contribution in [3.8, 4) is 17.1 Å². The number of methoxy groups -OCH3 is 1. The van der Waals surface area contributed by atoms with Crippen LogP contribution in [0.3, 0.4) is 0 Å². The van der Waals surface area contributed by atoms with Crippen molar-refractivity contribution in [3.63, 3.8) is 0 Å². The van der Waals surface area contributed by atoms with Crippen molar-refractivity contribution in [1.29, 1.82) is 0 Å². The van der Waals surface area contributed by atoms with Gasteiger partial charge in [0, 0.05) is 29.6 Å². The first-order valence-electron chi connectivity index (χ1n) is 10.5. The minimum Gasteiger partial charge on any atom is -0.497 e. The predicted octanol–water partition coefficient (Wildman–Crippen LogP) is 5.17. The van der Waals surface area contributed by atoms with Crippen molar-refractivity contribution < 1.29 is 22.7 Å². The molecular weight excluding hydrogens is 445 g/mol. The number of anilines is 1. The number of carbonyl (C=O) groups excluding carboxylic acids is 1. The average Bonchev–Trinajstić information content (AvgIpc) is 2.86. The molecule has 0 fully saturated rings. The summed E-state index contributed by atoms with van der Waals surface area (Å²) in [6, 6.07) is 19.1. The molecule has 0 aliphatic heterocycles. The second kappa shape index (κ2) is 9.78. The van der Waals surface area contributed by atoms with Gasteiger partial charge in [-0.15, -0.1) is 0 Å². The third-order valence-electron chi connectivity index (χ3n) is 5.13. The highest BCUT2D eigenvalue weighted by Gasteiger charge is 2.30. The largest absolute Gasteiger partial charge is 0.497 e. The topological polar surface area (TPSA) is 76.1 Å². The Balaban J connectivity index is 1.44. The van der Waals surface area contributed by atoms with E-state index < -0.39 is 17.6 Å². The van der Waals surface area contributed by atoms with E-state index in [-0.39, 0.29) is 12.1 Å². The van der Waals surface area contributed by atoms with Crippen LogP contribution in [-0.4, -0.2) is 36.1 Å². The van der Waals surface area contributed by atoms with Crippen molar-refractivity contribution in [3.05, 3.63) is 83.9 Å². The number of hydrogen-bond acceptors (Lipinski definition) is 5. The molecule has 1 heterocycles. The number of ether oxygens (including phenoxy) is 1. The molecule has 2 N–H and O–H groups in total. The Morgan fingerprint density at radius 1 is 0.912 bits per heavy atom. The number of halogens is 3. The number of fused-ring (bicyclic) bond motifs is 1. The summed E-state index contributed by atoms with van der Waals surface area (Å²) < 4.78 is 43.3. The van der Waals surface area contributed by atoms with Gasteiger partial charge in [-0.1, -0.05) is 12.1 Å². The molecule has 0 aliphatic carbocycles. The zero-order valence-corrected chi connectivity index (χ0v) is 18.2. The van der Waals surface area contributed by atoms with Gasteiger partial charge in [-0.05, 0) is 60.7 Å². The van der Waals surface area contributed by atoms with E-state index in [1.165, 1.54) is 0 Å². The van der Waals surface area contributed by atoms with Crippen molar-refractivity contribution in [2.75, 3.05) is 25.5 Å². The number of rotatable bonds is 7. The molecule has 0 saturated heterocycles. The predicted molar refractivity (Wildman–Crippen MR) is 124 cm³/mol.